The standard InChI is InChI=1S/C23H25NO5/c1-23(2,3)29-22(27)24-18(14-15-8-6-5-7-9-15)20(25)19(21(24)26)16-10-12-17(28-4)13-11-16/h5-13,18,25H,14H2,1-4H3/t18-/m0/s1. The van der Waals surface area contributed by atoms with Crippen LogP contribution in [0.1, 0.15) is 31.9 Å². The molecule has 1 N–H and O–H groups in total. The van der Waals surface area contributed by atoms with Gasteiger partial charge >= 0.3 is 6.09 Å². The summed E-state index contributed by atoms with van der Waals surface area (Å²) in [7, 11) is 1.55. The molecular weight excluding hydrogens is 370 g/mol. The first-order valence-electron chi connectivity index (χ1n) is 9.39. The number of ether oxygens (including phenoxy) is 2. The number of hydrogen-bond acceptors (Lipinski definition) is 5. The lowest BCUT2D eigenvalue weighted by Gasteiger charge is -2.27. The lowest BCUT2D eigenvalue weighted by Crippen LogP contribution is -2.44. The Labute approximate surface area is 170 Å². The van der Waals surface area contributed by atoms with E-state index in [1.165, 1.54) is 0 Å². The fourth-order valence-corrected chi connectivity index (χ4v) is 3.24. The van der Waals surface area contributed by atoms with Crippen LogP contribution in [-0.2, 0) is 16.0 Å². The first-order chi connectivity index (χ1) is 13.7. The van der Waals surface area contributed by atoms with Gasteiger partial charge in [-0.3, -0.25) is 4.79 Å². The van der Waals surface area contributed by atoms with E-state index in [4.69, 9.17) is 9.47 Å². The Balaban J connectivity index is 2.01. The second-order valence-corrected chi connectivity index (χ2v) is 7.85. The molecule has 29 heavy (non-hydrogen) atoms. The maximum atomic E-state index is 13.2. The van der Waals surface area contributed by atoms with Crippen molar-refractivity contribution in [2.24, 2.45) is 0 Å². The molecule has 2 aromatic rings. The highest BCUT2D eigenvalue weighted by Crippen LogP contribution is 2.35. The molecule has 0 aliphatic carbocycles. The summed E-state index contributed by atoms with van der Waals surface area (Å²) in [6.07, 6.45) is -0.490. The summed E-state index contributed by atoms with van der Waals surface area (Å²) in [5.74, 6) is -0.0955. The number of hydrogen-bond donors (Lipinski definition) is 1. The normalized spacial score (nSPS) is 16.9. The molecule has 0 aromatic heterocycles. The molecule has 3 rings (SSSR count). The smallest absolute Gasteiger partial charge is 0.418 e. The zero-order valence-electron chi connectivity index (χ0n) is 17.0. The lowest BCUT2D eigenvalue weighted by molar-refractivity contribution is -0.124. The van der Waals surface area contributed by atoms with Crippen LogP contribution in [0.2, 0.25) is 0 Å². The van der Waals surface area contributed by atoms with Gasteiger partial charge in [0.15, 0.2) is 0 Å². The number of nitrogens with zero attached hydrogens (tertiary/aromatic N) is 1. The molecule has 0 saturated heterocycles. The van der Waals surface area contributed by atoms with Gasteiger partial charge in [0.05, 0.1) is 12.7 Å². The summed E-state index contributed by atoms with van der Waals surface area (Å²) in [5.41, 5.74) is 0.728. The summed E-state index contributed by atoms with van der Waals surface area (Å²) in [6, 6.07) is 15.3. The number of amides is 2. The van der Waals surface area contributed by atoms with Crippen LogP contribution in [-0.4, -0.2) is 40.8 Å². The Morgan fingerprint density at radius 3 is 2.24 bits per heavy atom. The molecule has 1 aliphatic rings. The fourth-order valence-electron chi connectivity index (χ4n) is 3.24. The van der Waals surface area contributed by atoms with Crippen molar-refractivity contribution in [3.05, 3.63) is 71.5 Å². The molecule has 2 amide bonds. The number of benzene rings is 2. The Morgan fingerprint density at radius 1 is 1.07 bits per heavy atom. The number of carbonyl (C=O) groups excluding carboxylic acids is 2. The number of rotatable bonds is 4. The molecule has 1 heterocycles. The Kier molecular flexibility index (Phi) is 5.64. The van der Waals surface area contributed by atoms with E-state index in [1.807, 2.05) is 30.3 Å². The molecule has 0 bridgehead atoms. The van der Waals surface area contributed by atoms with Gasteiger partial charge in [-0.15, -0.1) is 0 Å². The molecule has 1 aliphatic heterocycles. The van der Waals surface area contributed by atoms with E-state index in [-0.39, 0.29) is 17.8 Å². The van der Waals surface area contributed by atoms with Crippen LogP contribution in [0, 0.1) is 0 Å². The molecule has 0 saturated carbocycles. The average Bonchev–Trinajstić information content (AvgIpc) is 2.91. The van der Waals surface area contributed by atoms with E-state index < -0.39 is 23.6 Å². The van der Waals surface area contributed by atoms with Gasteiger partial charge in [0, 0.05) is 6.42 Å². The van der Waals surface area contributed by atoms with Crippen molar-refractivity contribution in [1.29, 1.82) is 0 Å². The maximum absolute atomic E-state index is 13.2. The van der Waals surface area contributed by atoms with Crippen LogP contribution >= 0.6 is 0 Å². The van der Waals surface area contributed by atoms with Gasteiger partial charge in [-0.2, -0.15) is 0 Å². The van der Waals surface area contributed by atoms with Crippen molar-refractivity contribution in [2.75, 3.05) is 7.11 Å². The van der Waals surface area contributed by atoms with Gasteiger partial charge in [0.25, 0.3) is 5.91 Å². The maximum Gasteiger partial charge on any atom is 0.418 e. The van der Waals surface area contributed by atoms with E-state index in [9.17, 15) is 14.7 Å². The Morgan fingerprint density at radius 2 is 1.69 bits per heavy atom. The highest BCUT2D eigenvalue weighted by atomic mass is 16.6. The number of aliphatic hydroxyl groups excluding tert-OH is 1. The topological polar surface area (TPSA) is 76.1 Å². The van der Waals surface area contributed by atoms with E-state index in [0.717, 1.165) is 10.5 Å². The summed E-state index contributed by atoms with van der Waals surface area (Å²) < 4.78 is 10.6. The minimum atomic E-state index is -0.836. The second kappa shape index (κ2) is 7.99. The van der Waals surface area contributed by atoms with Gasteiger partial charge < -0.3 is 14.6 Å². The largest absolute Gasteiger partial charge is 0.509 e. The third-order valence-corrected chi connectivity index (χ3v) is 4.56. The van der Waals surface area contributed by atoms with Crippen LogP contribution in [0.15, 0.2) is 60.4 Å². The van der Waals surface area contributed by atoms with Crippen LogP contribution < -0.4 is 4.74 Å². The predicted octanol–water partition coefficient (Wildman–Crippen LogP) is 4.35. The van der Waals surface area contributed by atoms with E-state index in [1.54, 1.807) is 52.1 Å². The van der Waals surface area contributed by atoms with Gasteiger partial charge in [0.2, 0.25) is 0 Å². The Hall–Kier alpha value is -3.28. The molecule has 6 heteroatoms. The molecule has 2 aromatic carbocycles. The Bertz CT molecular complexity index is 926. The average molecular weight is 395 g/mol. The summed E-state index contributed by atoms with van der Waals surface area (Å²) in [6.45, 7) is 5.19. The molecule has 152 valence electrons. The third-order valence-electron chi connectivity index (χ3n) is 4.56. The number of carbonyl (C=O) groups is 2. The molecule has 0 unspecified atom stereocenters. The fraction of sp³-hybridized carbons (Fsp3) is 0.304. The molecular formula is C23H25NO5. The molecule has 6 nitrogen and oxygen atoms in total. The van der Waals surface area contributed by atoms with Gasteiger partial charge in [-0.05, 0) is 44.0 Å². The van der Waals surface area contributed by atoms with Crippen molar-refractivity contribution in [3.63, 3.8) is 0 Å². The van der Waals surface area contributed by atoms with Crippen molar-refractivity contribution in [3.8, 4) is 5.75 Å². The number of imide groups is 1. The van der Waals surface area contributed by atoms with Crippen molar-refractivity contribution >= 4 is 17.6 Å². The monoisotopic (exact) mass is 395 g/mol. The minimum Gasteiger partial charge on any atom is -0.509 e. The van der Waals surface area contributed by atoms with Crippen LogP contribution in [0.25, 0.3) is 5.57 Å². The first-order valence-corrected chi connectivity index (χ1v) is 9.39. The quantitative estimate of drug-likeness (QED) is 0.833. The van der Waals surface area contributed by atoms with E-state index in [0.29, 0.717) is 11.3 Å². The van der Waals surface area contributed by atoms with E-state index >= 15 is 0 Å². The summed E-state index contributed by atoms with van der Waals surface area (Å²) >= 11 is 0. The van der Waals surface area contributed by atoms with Gasteiger partial charge in [0.1, 0.15) is 23.2 Å². The lowest BCUT2D eigenvalue weighted by atomic mass is 10.0. The van der Waals surface area contributed by atoms with Crippen molar-refractivity contribution in [1.82, 2.24) is 4.90 Å². The first kappa shape index (κ1) is 20.5. The van der Waals surface area contributed by atoms with E-state index in [2.05, 4.69) is 0 Å². The highest BCUT2D eigenvalue weighted by molar-refractivity contribution is 6.26. The molecule has 0 radical (unpaired) electrons. The van der Waals surface area contributed by atoms with Gasteiger partial charge in [-0.1, -0.05) is 42.5 Å². The minimum absolute atomic E-state index is 0.0967. The number of methoxy groups -OCH3 is 1. The molecule has 1 atom stereocenters. The van der Waals surface area contributed by atoms with Crippen LogP contribution in [0.4, 0.5) is 4.79 Å². The second-order valence-electron chi connectivity index (χ2n) is 7.85. The molecule has 0 spiro atoms. The SMILES string of the molecule is COc1ccc(C2=C(O)[C@H](Cc3ccccc3)N(C(=O)OC(C)(C)C)C2=O)cc1. The van der Waals surface area contributed by atoms with Crippen LogP contribution in [0.3, 0.4) is 0 Å². The zero-order chi connectivity index (χ0) is 21.2. The summed E-state index contributed by atoms with van der Waals surface area (Å²) in [4.78, 5) is 27.0. The summed E-state index contributed by atoms with van der Waals surface area (Å²) in [5, 5.41) is 11.0. The zero-order valence-corrected chi connectivity index (χ0v) is 17.0. The van der Waals surface area contributed by atoms with Crippen molar-refractivity contribution < 1.29 is 24.2 Å². The predicted molar refractivity (Wildman–Crippen MR) is 110 cm³/mol. The highest BCUT2D eigenvalue weighted by Gasteiger charge is 2.45. The van der Waals surface area contributed by atoms with Gasteiger partial charge in [-0.25, -0.2) is 9.69 Å². The number of aliphatic hydroxyl groups is 1. The van der Waals surface area contributed by atoms with Crippen molar-refractivity contribution in [2.45, 2.75) is 38.8 Å². The molecule has 0 fully saturated rings. The van der Waals surface area contributed by atoms with Crippen LogP contribution in [0.5, 0.6) is 5.75 Å². The third kappa shape index (κ3) is 4.42.